The zero-order valence-electron chi connectivity index (χ0n) is 33.3. The molecule has 0 aliphatic carbocycles. The van der Waals surface area contributed by atoms with Crippen LogP contribution in [0, 0.1) is 11.8 Å². The second-order valence-electron chi connectivity index (χ2n) is 15.0. The number of carbonyl (C=O) groups is 5. The van der Waals surface area contributed by atoms with Crippen molar-refractivity contribution in [2.75, 3.05) is 39.3 Å². The van der Waals surface area contributed by atoms with Crippen molar-refractivity contribution in [1.29, 1.82) is 0 Å². The van der Waals surface area contributed by atoms with Crippen LogP contribution in [0.1, 0.15) is 137 Å². The second-order valence-corrected chi connectivity index (χ2v) is 15.0. The van der Waals surface area contributed by atoms with Gasteiger partial charge >= 0.3 is 0 Å². The number of rotatable bonds is 32. The van der Waals surface area contributed by atoms with Gasteiger partial charge in [0, 0.05) is 32.6 Å². The van der Waals surface area contributed by atoms with Gasteiger partial charge in [-0.2, -0.15) is 0 Å². The van der Waals surface area contributed by atoms with Gasteiger partial charge in [0.05, 0.1) is 12.1 Å². The van der Waals surface area contributed by atoms with Crippen molar-refractivity contribution < 1.29 is 24.0 Å². The molecule has 0 rings (SSSR count). The van der Waals surface area contributed by atoms with Crippen molar-refractivity contribution in [2.24, 2.45) is 34.8 Å². The molecule has 0 spiro atoms. The number of nitrogens with zero attached hydrogens (tertiary/aromatic N) is 1. The van der Waals surface area contributed by atoms with Gasteiger partial charge in [-0.3, -0.25) is 24.0 Å². The van der Waals surface area contributed by atoms with E-state index < -0.39 is 24.2 Å². The van der Waals surface area contributed by atoms with E-state index in [1.165, 1.54) is 0 Å². The molecule has 0 heterocycles. The molecule has 0 aliphatic rings. The Bertz CT molecular complexity index is 934. The molecule has 0 saturated heterocycles. The average Bonchev–Trinajstić information content (AvgIpc) is 3.09. The number of hydrogen-bond acceptors (Lipinski definition) is 9. The minimum Gasteiger partial charge on any atom is -0.354 e. The molecule has 0 aromatic carbocycles. The normalized spacial score (nSPS) is 13.7. The lowest BCUT2D eigenvalue weighted by atomic mass is 10.0. The number of carbonyl (C=O) groups excluding carboxylic acids is 5. The van der Waals surface area contributed by atoms with Crippen LogP contribution in [-0.4, -0.2) is 97.9 Å². The van der Waals surface area contributed by atoms with Crippen LogP contribution in [0.4, 0.5) is 0 Å². The van der Waals surface area contributed by atoms with Crippen LogP contribution in [0.2, 0.25) is 0 Å². The fourth-order valence-electron chi connectivity index (χ4n) is 5.85. The highest BCUT2D eigenvalue weighted by Crippen LogP contribution is 2.10. The monoisotopic (exact) mass is 740 g/mol. The standard InChI is InChI=1S/C38H77N9O5/c1-6-7-8-9-10-19-34(48)47(24-15-22-43-37(51)32(26-28(2)3)45-35(49)30(41)17-11-13-20-39)25-16-23-44-38(52)33(27-29(4)5)46-36(50)31(42)18-12-14-21-40/h28-33H,6-27,39-42H2,1-5H3,(H,43,51)(H,44,52)(H,45,49)(H,46,50)/t30-,31-,32-,33-/m1/s1. The van der Waals surface area contributed by atoms with Gasteiger partial charge in [-0.1, -0.05) is 73.1 Å². The molecule has 0 fully saturated rings. The quantitative estimate of drug-likeness (QED) is 0.0471. The zero-order chi connectivity index (χ0) is 39.3. The van der Waals surface area contributed by atoms with E-state index in [0.29, 0.717) is 84.2 Å². The molecule has 0 aromatic heterocycles. The summed E-state index contributed by atoms with van der Waals surface area (Å²) >= 11 is 0. The third-order valence-corrected chi connectivity index (χ3v) is 8.95. The van der Waals surface area contributed by atoms with Crippen LogP contribution in [0.25, 0.3) is 0 Å². The van der Waals surface area contributed by atoms with Crippen LogP contribution in [0.15, 0.2) is 0 Å². The highest BCUT2D eigenvalue weighted by Gasteiger charge is 2.26. The fraction of sp³-hybridized carbons (Fsp3) is 0.868. The maximum Gasteiger partial charge on any atom is 0.242 e. The van der Waals surface area contributed by atoms with Crippen LogP contribution in [0.3, 0.4) is 0 Å². The van der Waals surface area contributed by atoms with E-state index in [9.17, 15) is 24.0 Å². The van der Waals surface area contributed by atoms with E-state index in [1.54, 1.807) is 4.90 Å². The van der Waals surface area contributed by atoms with Crippen LogP contribution in [-0.2, 0) is 24.0 Å². The second kappa shape index (κ2) is 30.6. The summed E-state index contributed by atoms with van der Waals surface area (Å²) in [5.41, 5.74) is 23.2. The Kier molecular flexibility index (Phi) is 29.0. The molecule has 5 amide bonds. The van der Waals surface area contributed by atoms with E-state index in [2.05, 4.69) is 28.2 Å². The summed E-state index contributed by atoms with van der Waals surface area (Å²) in [6, 6.07) is -2.80. The first-order valence-corrected chi connectivity index (χ1v) is 20.1. The largest absolute Gasteiger partial charge is 0.354 e. The highest BCUT2D eigenvalue weighted by molar-refractivity contribution is 5.90. The summed E-state index contributed by atoms with van der Waals surface area (Å²) in [5, 5.41) is 11.5. The Morgan fingerprint density at radius 2 is 0.981 bits per heavy atom. The SMILES string of the molecule is CCCCCCCC(=O)N(CCCNC(=O)[C@@H](CC(C)C)NC(=O)[C@H](N)CCCCN)CCCNC(=O)[C@@H](CC(C)C)NC(=O)[C@H](N)CCCCN. The third kappa shape index (κ3) is 24.4. The average molecular weight is 740 g/mol. The fourth-order valence-corrected chi connectivity index (χ4v) is 5.85. The Balaban J connectivity index is 5.22. The molecule has 0 saturated carbocycles. The van der Waals surface area contributed by atoms with Crippen molar-refractivity contribution in [3.8, 4) is 0 Å². The van der Waals surface area contributed by atoms with Gasteiger partial charge in [0.2, 0.25) is 29.5 Å². The first-order valence-electron chi connectivity index (χ1n) is 20.1. The molecule has 12 N–H and O–H groups in total. The summed E-state index contributed by atoms with van der Waals surface area (Å²) < 4.78 is 0. The Hall–Kier alpha value is -2.81. The summed E-state index contributed by atoms with van der Waals surface area (Å²) in [6.07, 6.45) is 11.7. The Morgan fingerprint density at radius 1 is 0.558 bits per heavy atom. The van der Waals surface area contributed by atoms with Crippen LogP contribution >= 0.6 is 0 Å². The summed E-state index contributed by atoms with van der Waals surface area (Å²) in [6.45, 7) is 12.8. The topological polar surface area (TPSA) is 241 Å². The van der Waals surface area contributed by atoms with Gasteiger partial charge in [0.1, 0.15) is 12.1 Å². The van der Waals surface area contributed by atoms with E-state index >= 15 is 0 Å². The van der Waals surface area contributed by atoms with E-state index in [0.717, 1.165) is 57.8 Å². The highest BCUT2D eigenvalue weighted by atomic mass is 16.2. The summed E-state index contributed by atoms with van der Waals surface area (Å²) in [7, 11) is 0. The van der Waals surface area contributed by atoms with Crippen LogP contribution in [0.5, 0.6) is 0 Å². The number of unbranched alkanes of at least 4 members (excludes halogenated alkanes) is 6. The zero-order valence-corrected chi connectivity index (χ0v) is 33.3. The van der Waals surface area contributed by atoms with Gasteiger partial charge in [-0.15, -0.1) is 0 Å². The molecular weight excluding hydrogens is 662 g/mol. The summed E-state index contributed by atoms with van der Waals surface area (Å²) in [5.74, 6) is -0.829. The molecule has 52 heavy (non-hydrogen) atoms. The molecule has 0 radical (unpaired) electrons. The first-order chi connectivity index (χ1) is 24.8. The predicted molar refractivity (Wildman–Crippen MR) is 210 cm³/mol. The summed E-state index contributed by atoms with van der Waals surface area (Å²) in [4.78, 5) is 66.7. The number of nitrogens with two attached hydrogens (primary N) is 4. The number of amides is 5. The van der Waals surface area contributed by atoms with Crippen molar-refractivity contribution >= 4 is 29.5 Å². The number of hydrogen-bond donors (Lipinski definition) is 8. The molecule has 0 bridgehead atoms. The van der Waals surface area contributed by atoms with Crippen molar-refractivity contribution in [1.82, 2.24) is 26.2 Å². The van der Waals surface area contributed by atoms with E-state index in [1.807, 2.05) is 27.7 Å². The van der Waals surface area contributed by atoms with Gasteiger partial charge in [-0.05, 0) is 82.7 Å². The lowest BCUT2D eigenvalue weighted by Crippen LogP contribution is -2.52. The lowest BCUT2D eigenvalue weighted by molar-refractivity contribution is -0.131. The molecular formula is C38H77N9O5. The minimum atomic E-state index is -0.700. The minimum absolute atomic E-state index is 0.0521. The smallest absolute Gasteiger partial charge is 0.242 e. The van der Waals surface area contributed by atoms with Crippen molar-refractivity contribution in [2.45, 2.75) is 162 Å². The maximum atomic E-state index is 13.3. The van der Waals surface area contributed by atoms with Gasteiger partial charge < -0.3 is 49.1 Å². The molecule has 304 valence electrons. The van der Waals surface area contributed by atoms with Crippen LogP contribution < -0.4 is 44.2 Å². The lowest BCUT2D eigenvalue weighted by Gasteiger charge is -2.25. The molecule has 0 aromatic rings. The van der Waals surface area contributed by atoms with Gasteiger partial charge in [-0.25, -0.2) is 0 Å². The Morgan fingerprint density at radius 3 is 1.37 bits per heavy atom. The van der Waals surface area contributed by atoms with Crippen molar-refractivity contribution in [3.63, 3.8) is 0 Å². The predicted octanol–water partition coefficient (Wildman–Crippen LogP) is 2.16. The Labute approximate surface area is 314 Å². The molecule has 14 heteroatoms. The number of nitrogens with one attached hydrogen (secondary N) is 4. The maximum absolute atomic E-state index is 13.3. The molecule has 0 unspecified atom stereocenters. The van der Waals surface area contributed by atoms with Gasteiger partial charge in [0.15, 0.2) is 0 Å². The molecule has 4 atom stereocenters. The molecule has 0 aliphatic heterocycles. The van der Waals surface area contributed by atoms with Crippen molar-refractivity contribution in [3.05, 3.63) is 0 Å². The van der Waals surface area contributed by atoms with E-state index in [4.69, 9.17) is 22.9 Å². The molecule has 14 nitrogen and oxygen atoms in total. The first kappa shape index (κ1) is 49.2. The van der Waals surface area contributed by atoms with Gasteiger partial charge in [0.25, 0.3) is 0 Å². The van der Waals surface area contributed by atoms with E-state index in [-0.39, 0.29) is 41.4 Å². The third-order valence-electron chi connectivity index (χ3n) is 8.95.